The summed E-state index contributed by atoms with van der Waals surface area (Å²) in [4.78, 5) is 6.48. The zero-order valence-corrected chi connectivity index (χ0v) is 13.4. The molecule has 3 rings (SSSR count). The maximum atomic E-state index is 13.8. The van der Waals surface area contributed by atoms with Crippen LogP contribution in [-0.2, 0) is 0 Å². The lowest BCUT2D eigenvalue weighted by atomic mass is 10.1. The van der Waals surface area contributed by atoms with E-state index < -0.39 is 0 Å². The van der Waals surface area contributed by atoms with Crippen LogP contribution in [0.15, 0.2) is 42.7 Å². The molecule has 0 aliphatic carbocycles. The fraction of sp³-hybridized carbons (Fsp3) is 0.421. The van der Waals surface area contributed by atoms with Crippen LogP contribution in [0.2, 0.25) is 0 Å². The Hall–Kier alpha value is -1.94. The number of hydrogen-bond acceptors (Lipinski definition) is 3. The van der Waals surface area contributed by atoms with Gasteiger partial charge in [0.25, 0.3) is 0 Å². The predicted molar refractivity (Wildman–Crippen MR) is 90.0 cm³/mol. The number of piperidine rings is 1. The van der Waals surface area contributed by atoms with Crippen LogP contribution in [0.25, 0.3) is 11.1 Å². The lowest BCUT2D eigenvalue weighted by molar-refractivity contribution is 0.205. The first kappa shape index (κ1) is 15.9. The molecule has 1 fully saturated rings. The second kappa shape index (κ2) is 8.06. The monoisotopic (exact) mass is 314 g/mol. The van der Waals surface area contributed by atoms with Crippen molar-refractivity contribution < 1.29 is 9.13 Å². The number of aromatic nitrogens is 1. The van der Waals surface area contributed by atoms with Gasteiger partial charge in [0.05, 0.1) is 6.61 Å². The molecule has 1 aliphatic rings. The van der Waals surface area contributed by atoms with Crippen molar-refractivity contribution in [2.75, 3.05) is 26.2 Å². The van der Waals surface area contributed by atoms with Crippen LogP contribution in [0.1, 0.15) is 25.7 Å². The Kier molecular flexibility index (Phi) is 5.59. The van der Waals surface area contributed by atoms with Crippen LogP contribution < -0.4 is 4.74 Å². The van der Waals surface area contributed by atoms with Crippen LogP contribution >= 0.6 is 0 Å². The SMILES string of the molecule is Fc1cc(OCCCN2CCCCC2)cc(-c2ccncc2)c1. The predicted octanol–water partition coefficient (Wildman–Crippen LogP) is 4.14. The van der Waals surface area contributed by atoms with E-state index in [2.05, 4.69) is 9.88 Å². The van der Waals surface area contributed by atoms with Crippen molar-refractivity contribution in [2.45, 2.75) is 25.7 Å². The lowest BCUT2D eigenvalue weighted by Crippen LogP contribution is -2.31. The number of ether oxygens (including phenoxy) is 1. The van der Waals surface area contributed by atoms with Gasteiger partial charge in [-0.15, -0.1) is 0 Å². The minimum atomic E-state index is -0.273. The van der Waals surface area contributed by atoms with Crippen molar-refractivity contribution in [1.82, 2.24) is 9.88 Å². The first-order chi connectivity index (χ1) is 11.3. The van der Waals surface area contributed by atoms with E-state index in [4.69, 9.17) is 4.74 Å². The van der Waals surface area contributed by atoms with E-state index in [9.17, 15) is 4.39 Å². The second-order valence-electron chi connectivity index (χ2n) is 6.02. The van der Waals surface area contributed by atoms with Crippen molar-refractivity contribution in [3.05, 3.63) is 48.5 Å². The molecule has 1 saturated heterocycles. The Morgan fingerprint density at radius 2 is 1.78 bits per heavy atom. The van der Waals surface area contributed by atoms with E-state index in [1.807, 2.05) is 18.2 Å². The summed E-state index contributed by atoms with van der Waals surface area (Å²) in [6.07, 6.45) is 8.36. The van der Waals surface area contributed by atoms with Crippen LogP contribution in [0, 0.1) is 5.82 Å². The van der Waals surface area contributed by atoms with E-state index in [1.54, 1.807) is 12.4 Å². The van der Waals surface area contributed by atoms with Gasteiger partial charge in [-0.3, -0.25) is 4.98 Å². The average molecular weight is 314 g/mol. The molecule has 4 heteroatoms. The lowest BCUT2D eigenvalue weighted by Gasteiger charge is -2.26. The normalized spacial score (nSPS) is 15.5. The quantitative estimate of drug-likeness (QED) is 0.749. The molecule has 1 aromatic heterocycles. The number of halogens is 1. The smallest absolute Gasteiger partial charge is 0.127 e. The van der Waals surface area contributed by atoms with Gasteiger partial charge in [0.15, 0.2) is 0 Å². The molecular formula is C19H23FN2O. The van der Waals surface area contributed by atoms with Gasteiger partial charge in [-0.1, -0.05) is 6.42 Å². The summed E-state index contributed by atoms with van der Waals surface area (Å²) < 4.78 is 19.6. The summed E-state index contributed by atoms with van der Waals surface area (Å²) in [5.74, 6) is 0.320. The first-order valence-electron chi connectivity index (χ1n) is 8.37. The molecule has 0 unspecified atom stereocenters. The minimum Gasteiger partial charge on any atom is -0.493 e. The molecule has 122 valence electrons. The van der Waals surface area contributed by atoms with Crippen molar-refractivity contribution in [3.8, 4) is 16.9 Å². The third-order valence-corrected chi connectivity index (χ3v) is 4.22. The molecule has 0 N–H and O–H groups in total. The number of hydrogen-bond donors (Lipinski definition) is 0. The molecule has 0 atom stereocenters. The van der Waals surface area contributed by atoms with Crippen LogP contribution in [0.4, 0.5) is 4.39 Å². The molecule has 1 aromatic carbocycles. The molecule has 0 amide bonds. The minimum absolute atomic E-state index is 0.273. The summed E-state index contributed by atoms with van der Waals surface area (Å²) in [6, 6.07) is 8.60. The highest BCUT2D eigenvalue weighted by atomic mass is 19.1. The molecule has 0 radical (unpaired) electrons. The van der Waals surface area contributed by atoms with E-state index >= 15 is 0 Å². The maximum absolute atomic E-state index is 13.8. The Bertz CT molecular complexity index is 612. The molecule has 0 spiro atoms. The van der Waals surface area contributed by atoms with Crippen LogP contribution in [0.3, 0.4) is 0 Å². The number of nitrogens with zero attached hydrogens (tertiary/aromatic N) is 2. The van der Waals surface area contributed by atoms with Crippen molar-refractivity contribution >= 4 is 0 Å². The molecule has 0 saturated carbocycles. The van der Waals surface area contributed by atoms with E-state index in [1.165, 1.54) is 44.5 Å². The summed E-state index contributed by atoms with van der Waals surface area (Å²) in [5.41, 5.74) is 1.76. The summed E-state index contributed by atoms with van der Waals surface area (Å²) in [7, 11) is 0. The largest absolute Gasteiger partial charge is 0.493 e. The number of rotatable bonds is 6. The average Bonchev–Trinajstić information content (AvgIpc) is 2.60. The fourth-order valence-corrected chi connectivity index (χ4v) is 3.02. The Morgan fingerprint density at radius 3 is 2.57 bits per heavy atom. The second-order valence-corrected chi connectivity index (χ2v) is 6.02. The highest BCUT2D eigenvalue weighted by Gasteiger charge is 2.09. The van der Waals surface area contributed by atoms with Crippen molar-refractivity contribution in [1.29, 1.82) is 0 Å². The van der Waals surface area contributed by atoms with E-state index in [0.717, 1.165) is 24.1 Å². The Morgan fingerprint density at radius 1 is 1.00 bits per heavy atom. The third-order valence-electron chi connectivity index (χ3n) is 4.22. The van der Waals surface area contributed by atoms with Gasteiger partial charge >= 0.3 is 0 Å². The van der Waals surface area contributed by atoms with Crippen molar-refractivity contribution in [3.63, 3.8) is 0 Å². The zero-order chi connectivity index (χ0) is 15.9. The summed E-state index contributed by atoms with van der Waals surface area (Å²) in [5, 5.41) is 0. The van der Waals surface area contributed by atoms with E-state index in [0.29, 0.717) is 12.4 Å². The molecule has 1 aliphatic heterocycles. The Labute approximate surface area is 137 Å². The standard InChI is InChI=1S/C19H23FN2O/c20-18-13-17(16-5-7-21-8-6-16)14-19(15-18)23-12-4-11-22-9-2-1-3-10-22/h5-8,13-15H,1-4,9-12H2. The fourth-order valence-electron chi connectivity index (χ4n) is 3.02. The molecule has 0 bridgehead atoms. The summed E-state index contributed by atoms with van der Waals surface area (Å²) in [6.45, 7) is 4.08. The van der Waals surface area contributed by atoms with Gasteiger partial charge in [0, 0.05) is 25.0 Å². The topological polar surface area (TPSA) is 25.4 Å². The van der Waals surface area contributed by atoms with Gasteiger partial charge in [0.1, 0.15) is 11.6 Å². The van der Waals surface area contributed by atoms with Gasteiger partial charge in [-0.25, -0.2) is 4.39 Å². The molecule has 23 heavy (non-hydrogen) atoms. The molecule has 2 heterocycles. The Balaban J connectivity index is 1.54. The third kappa shape index (κ3) is 4.76. The molecular weight excluding hydrogens is 291 g/mol. The number of likely N-dealkylation sites (tertiary alicyclic amines) is 1. The van der Waals surface area contributed by atoms with Gasteiger partial charge in [-0.05, 0) is 67.7 Å². The maximum Gasteiger partial charge on any atom is 0.127 e. The van der Waals surface area contributed by atoms with E-state index in [-0.39, 0.29) is 5.82 Å². The van der Waals surface area contributed by atoms with Gasteiger partial charge in [-0.2, -0.15) is 0 Å². The summed E-state index contributed by atoms with van der Waals surface area (Å²) >= 11 is 0. The van der Waals surface area contributed by atoms with Crippen molar-refractivity contribution in [2.24, 2.45) is 0 Å². The zero-order valence-electron chi connectivity index (χ0n) is 13.4. The molecule has 3 nitrogen and oxygen atoms in total. The highest BCUT2D eigenvalue weighted by Crippen LogP contribution is 2.25. The van der Waals surface area contributed by atoms with Crippen LogP contribution in [0.5, 0.6) is 5.75 Å². The molecule has 2 aromatic rings. The number of benzene rings is 1. The highest BCUT2D eigenvalue weighted by molar-refractivity contribution is 5.64. The first-order valence-corrected chi connectivity index (χ1v) is 8.37. The van der Waals surface area contributed by atoms with Gasteiger partial charge < -0.3 is 9.64 Å². The van der Waals surface area contributed by atoms with Gasteiger partial charge in [0.2, 0.25) is 0 Å². The number of pyridine rings is 1. The van der Waals surface area contributed by atoms with Crippen LogP contribution in [-0.4, -0.2) is 36.1 Å².